The van der Waals surface area contributed by atoms with Gasteiger partial charge in [0.2, 0.25) is 0 Å². The van der Waals surface area contributed by atoms with Crippen LogP contribution in [-0.4, -0.2) is 47.2 Å². The van der Waals surface area contributed by atoms with Crippen molar-refractivity contribution in [3.8, 4) is 0 Å². The highest BCUT2D eigenvalue weighted by Gasteiger charge is 2.53. The Labute approximate surface area is 88.0 Å². The fourth-order valence-electron chi connectivity index (χ4n) is 2.17. The summed E-state index contributed by atoms with van der Waals surface area (Å²) in [5, 5.41) is 9.57. The van der Waals surface area contributed by atoms with Crippen LogP contribution in [0, 0.1) is 5.41 Å². The first-order valence-electron chi connectivity index (χ1n) is 5.05. The van der Waals surface area contributed by atoms with E-state index in [9.17, 15) is 14.7 Å². The molecule has 15 heavy (non-hydrogen) atoms. The molecule has 2 aliphatic rings. The third kappa shape index (κ3) is 1.46. The minimum absolute atomic E-state index is 0.0333. The fourth-order valence-corrected chi connectivity index (χ4v) is 2.17. The molecule has 5 heteroatoms. The first-order valence-corrected chi connectivity index (χ1v) is 5.05. The lowest BCUT2D eigenvalue weighted by Gasteiger charge is -2.53. The van der Waals surface area contributed by atoms with Gasteiger partial charge in [-0.1, -0.05) is 13.8 Å². The molecule has 1 N–H and O–H groups in total. The Morgan fingerprint density at radius 2 is 1.87 bits per heavy atom. The smallest absolute Gasteiger partial charge is 0.255 e. The maximum absolute atomic E-state index is 11.5. The standard InChI is InChI=1S/C10H15NO4/c1-10(2)6(3-7(10)12)11-8(13)4-15-5-9(11)14/h6-7,12H,3-5H2,1-2H3. The molecule has 1 heterocycles. The molecular formula is C10H15NO4. The highest BCUT2D eigenvalue weighted by Crippen LogP contribution is 2.44. The minimum atomic E-state index is -0.439. The van der Waals surface area contributed by atoms with E-state index in [1.54, 1.807) is 0 Å². The van der Waals surface area contributed by atoms with E-state index in [0.717, 1.165) is 0 Å². The van der Waals surface area contributed by atoms with Gasteiger partial charge in [0, 0.05) is 11.5 Å². The number of hydrogen-bond acceptors (Lipinski definition) is 4. The van der Waals surface area contributed by atoms with Gasteiger partial charge in [-0.2, -0.15) is 0 Å². The second kappa shape index (κ2) is 3.28. The quantitative estimate of drug-likeness (QED) is 0.598. The molecule has 5 nitrogen and oxygen atoms in total. The third-order valence-corrected chi connectivity index (χ3v) is 3.46. The number of imide groups is 1. The van der Waals surface area contributed by atoms with Gasteiger partial charge in [0.15, 0.2) is 0 Å². The van der Waals surface area contributed by atoms with Crippen LogP contribution in [-0.2, 0) is 14.3 Å². The summed E-state index contributed by atoms with van der Waals surface area (Å²) < 4.78 is 4.83. The number of ether oxygens (including phenoxy) is 1. The lowest BCUT2D eigenvalue weighted by molar-refractivity contribution is -0.180. The first kappa shape index (κ1) is 10.6. The molecule has 0 aromatic heterocycles. The van der Waals surface area contributed by atoms with Crippen LogP contribution >= 0.6 is 0 Å². The number of carbonyl (C=O) groups is 2. The summed E-state index contributed by atoms with van der Waals surface area (Å²) in [4.78, 5) is 24.3. The van der Waals surface area contributed by atoms with Crippen molar-refractivity contribution in [1.29, 1.82) is 0 Å². The molecule has 2 rings (SSSR count). The van der Waals surface area contributed by atoms with Gasteiger partial charge in [-0.05, 0) is 6.42 Å². The van der Waals surface area contributed by atoms with Gasteiger partial charge in [-0.15, -0.1) is 0 Å². The molecule has 84 valence electrons. The van der Waals surface area contributed by atoms with Crippen molar-refractivity contribution in [2.24, 2.45) is 5.41 Å². The molecule has 2 fully saturated rings. The summed E-state index contributed by atoms with van der Waals surface area (Å²) in [6.07, 6.45) is 0.0377. The van der Waals surface area contributed by atoms with Crippen LogP contribution in [0.15, 0.2) is 0 Å². The number of aliphatic hydroxyl groups is 1. The van der Waals surface area contributed by atoms with Crippen LogP contribution in [0.25, 0.3) is 0 Å². The van der Waals surface area contributed by atoms with Crippen LogP contribution in [0.1, 0.15) is 20.3 Å². The van der Waals surface area contributed by atoms with Gasteiger partial charge < -0.3 is 9.84 Å². The molecule has 1 aliphatic heterocycles. The van der Waals surface area contributed by atoms with Crippen LogP contribution < -0.4 is 0 Å². The monoisotopic (exact) mass is 213 g/mol. The van der Waals surface area contributed by atoms with Gasteiger partial charge in [-0.3, -0.25) is 14.5 Å². The van der Waals surface area contributed by atoms with E-state index in [2.05, 4.69) is 0 Å². The second-order valence-corrected chi connectivity index (χ2v) is 4.74. The largest absolute Gasteiger partial charge is 0.392 e. The van der Waals surface area contributed by atoms with Crippen molar-refractivity contribution in [2.75, 3.05) is 13.2 Å². The molecule has 0 aromatic carbocycles. The van der Waals surface area contributed by atoms with Gasteiger partial charge >= 0.3 is 0 Å². The number of morpholine rings is 1. The van der Waals surface area contributed by atoms with Crippen LogP contribution in [0.5, 0.6) is 0 Å². The zero-order valence-electron chi connectivity index (χ0n) is 8.90. The third-order valence-electron chi connectivity index (χ3n) is 3.46. The number of carbonyl (C=O) groups excluding carboxylic acids is 2. The minimum Gasteiger partial charge on any atom is -0.392 e. The second-order valence-electron chi connectivity index (χ2n) is 4.74. The number of rotatable bonds is 1. The summed E-state index contributed by atoms with van der Waals surface area (Å²) in [6, 6.07) is -0.184. The molecule has 0 spiro atoms. The van der Waals surface area contributed by atoms with Crippen molar-refractivity contribution < 1.29 is 19.4 Å². The van der Waals surface area contributed by atoms with E-state index < -0.39 is 11.5 Å². The Kier molecular flexibility index (Phi) is 2.31. The average Bonchev–Trinajstić information content (AvgIpc) is 2.16. The first-order chi connectivity index (χ1) is 6.94. The maximum atomic E-state index is 11.5. The summed E-state index contributed by atoms with van der Waals surface area (Å²) in [5.74, 6) is -0.590. The zero-order valence-corrected chi connectivity index (χ0v) is 8.90. The molecule has 2 amide bonds. The number of nitrogens with zero attached hydrogens (tertiary/aromatic N) is 1. The predicted molar refractivity (Wildman–Crippen MR) is 50.9 cm³/mol. The van der Waals surface area contributed by atoms with Crippen molar-refractivity contribution in [3.05, 3.63) is 0 Å². The maximum Gasteiger partial charge on any atom is 0.255 e. The Balaban J connectivity index is 2.16. The van der Waals surface area contributed by atoms with E-state index in [0.29, 0.717) is 6.42 Å². The molecular weight excluding hydrogens is 198 g/mol. The summed E-state index contributed by atoms with van der Waals surface area (Å²) >= 11 is 0. The molecule has 1 saturated carbocycles. The Bertz CT molecular complexity index is 297. The fraction of sp³-hybridized carbons (Fsp3) is 0.800. The van der Waals surface area contributed by atoms with Crippen LogP contribution in [0.4, 0.5) is 0 Å². The van der Waals surface area contributed by atoms with E-state index in [-0.39, 0.29) is 31.1 Å². The Hall–Kier alpha value is -0.940. The van der Waals surface area contributed by atoms with E-state index in [1.807, 2.05) is 13.8 Å². The van der Waals surface area contributed by atoms with Crippen molar-refractivity contribution in [2.45, 2.75) is 32.4 Å². The van der Waals surface area contributed by atoms with Gasteiger partial charge in [0.25, 0.3) is 11.8 Å². The Morgan fingerprint density at radius 1 is 1.33 bits per heavy atom. The molecule has 0 bridgehead atoms. The van der Waals surface area contributed by atoms with E-state index in [1.165, 1.54) is 4.90 Å². The van der Waals surface area contributed by atoms with Crippen LogP contribution in [0.2, 0.25) is 0 Å². The summed E-state index contributed by atoms with van der Waals surface area (Å²) in [7, 11) is 0. The van der Waals surface area contributed by atoms with Crippen molar-refractivity contribution >= 4 is 11.8 Å². The topological polar surface area (TPSA) is 66.8 Å². The summed E-state index contributed by atoms with van der Waals surface area (Å²) in [6.45, 7) is 3.66. The molecule has 2 atom stereocenters. The van der Waals surface area contributed by atoms with Crippen LogP contribution in [0.3, 0.4) is 0 Å². The van der Waals surface area contributed by atoms with E-state index in [4.69, 9.17) is 4.74 Å². The normalized spacial score (nSPS) is 35.3. The molecule has 2 unspecified atom stereocenters. The molecule has 1 saturated heterocycles. The lowest BCUT2D eigenvalue weighted by Crippen LogP contribution is -2.66. The highest BCUT2D eigenvalue weighted by molar-refractivity contribution is 5.98. The number of hydrogen-bond donors (Lipinski definition) is 1. The highest BCUT2D eigenvalue weighted by atomic mass is 16.5. The Morgan fingerprint density at radius 3 is 2.27 bits per heavy atom. The van der Waals surface area contributed by atoms with Gasteiger partial charge in [0.05, 0.1) is 6.10 Å². The lowest BCUT2D eigenvalue weighted by atomic mass is 9.64. The molecule has 0 aromatic rings. The SMILES string of the molecule is CC1(C)C(O)CC1N1C(=O)COCC1=O. The average molecular weight is 213 g/mol. The van der Waals surface area contributed by atoms with E-state index >= 15 is 0 Å². The summed E-state index contributed by atoms with van der Waals surface area (Å²) in [5.41, 5.74) is -0.400. The predicted octanol–water partition coefficient (Wildman–Crippen LogP) is -0.469. The molecule has 0 radical (unpaired) electrons. The van der Waals surface area contributed by atoms with Crippen molar-refractivity contribution in [3.63, 3.8) is 0 Å². The van der Waals surface area contributed by atoms with Gasteiger partial charge in [-0.25, -0.2) is 0 Å². The number of amides is 2. The molecule has 1 aliphatic carbocycles. The number of aliphatic hydroxyl groups excluding tert-OH is 1. The van der Waals surface area contributed by atoms with Crippen molar-refractivity contribution in [1.82, 2.24) is 4.90 Å². The zero-order chi connectivity index (χ0) is 11.2. The van der Waals surface area contributed by atoms with Gasteiger partial charge in [0.1, 0.15) is 13.2 Å².